The third-order valence-corrected chi connectivity index (χ3v) is 3.20. The Hall–Kier alpha value is -0.440. The Labute approximate surface area is 84.4 Å². The van der Waals surface area contributed by atoms with Gasteiger partial charge in [0.25, 0.3) is 0 Å². The molecule has 1 N–H and O–H groups in total. The van der Waals surface area contributed by atoms with E-state index in [4.69, 9.17) is 5.11 Å². The van der Waals surface area contributed by atoms with E-state index >= 15 is 0 Å². The molecule has 3 heteroatoms. The highest BCUT2D eigenvalue weighted by molar-refractivity contribution is 8.00. The number of thioether (sulfide) groups is 1. The zero-order valence-corrected chi connectivity index (χ0v) is 9.36. The summed E-state index contributed by atoms with van der Waals surface area (Å²) in [6, 6.07) is 0. The number of rotatable bonds is 6. The fourth-order valence-corrected chi connectivity index (χ4v) is 1.68. The van der Waals surface area contributed by atoms with Crippen LogP contribution in [0.3, 0.4) is 0 Å². The van der Waals surface area contributed by atoms with E-state index in [9.17, 15) is 4.79 Å². The second kappa shape index (κ2) is 7.01. The van der Waals surface area contributed by atoms with Gasteiger partial charge < -0.3 is 5.11 Å². The molecule has 1 atom stereocenters. The zero-order valence-electron chi connectivity index (χ0n) is 8.54. The van der Waals surface area contributed by atoms with Crippen molar-refractivity contribution in [3.63, 3.8) is 0 Å². The van der Waals surface area contributed by atoms with E-state index in [-0.39, 0.29) is 0 Å². The van der Waals surface area contributed by atoms with Gasteiger partial charge in [-0.25, -0.2) is 4.79 Å². The number of hydrogen-bond donors (Lipinski definition) is 1. The molecule has 0 aliphatic rings. The normalized spacial score (nSPS) is 14.2. The molecule has 0 amide bonds. The van der Waals surface area contributed by atoms with Crippen molar-refractivity contribution in [1.29, 1.82) is 0 Å². The van der Waals surface area contributed by atoms with Crippen LogP contribution in [0.2, 0.25) is 0 Å². The first-order valence-corrected chi connectivity index (χ1v) is 5.70. The molecule has 0 fully saturated rings. The van der Waals surface area contributed by atoms with Crippen LogP contribution in [0.1, 0.15) is 33.6 Å². The average molecular weight is 202 g/mol. The van der Waals surface area contributed by atoms with Gasteiger partial charge in [-0.1, -0.05) is 26.8 Å². The lowest BCUT2D eigenvalue weighted by Crippen LogP contribution is -2.00. The molecule has 0 heterocycles. The van der Waals surface area contributed by atoms with Gasteiger partial charge in [0, 0.05) is 16.6 Å². The minimum Gasteiger partial charge on any atom is -0.478 e. The summed E-state index contributed by atoms with van der Waals surface area (Å²) in [5.41, 5.74) is 0.524. The molecule has 0 aromatic rings. The summed E-state index contributed by atoms with van der Waals surface area (Å²) in [7, 11) is 0. The molecule has 0 saturated carbocycles. The van der Waals surface area contributed by atoms with Crippen molar-refractivity contribution < 1.29 is 9.90 Å². The molecule has 0 radical (unpaired) electrons. The van der Waals surface area contributed by atoms with E-state index < -0.39 is 5.97 Å². The summed E-state index contributed by atoms with van der Waals surface area (Å²) < 4.78 is 0. The van der Waals surface area contributed by atoms with Crippen molar-refractivity contribution in [3.05, 3.63) is 11.6 Å². The minimum absolute atomic E-state index is 0.524. The van der Waals surface area contributed by atoms with Crippen LogP contribution in [0, 0.1) is 0 Å². The summed E-state index contributed by atoms with van der Waals surface area (Å²) in [5, 5.41) is 9.33. The maximum atomic E-state index is 10.6. The Balaban J connectivity index is 3.87. The summed E-state index contributed by atoms with van der Waals surface area (Å²) in [5.74, 6) is 0.0250. The number of aliphatic carboxylic acids is 1. The Morgan fingerprint density at radius 2 is 2.15 bits per heavy atom. The molecule has 0 bridgehead atoms. The van der Waals surface area contributed by atoms with Crippen LogP contribution in [0.4, 0.5) is 0 Å². The van der Waals surface area contributed by atoms with Gasteiger partial charge in [-0.15, -0.1) is 0 Å². The van der Waals surface area contributed by atoms with Crippen molar-refractivity contribution in [3.8, 4) is 0 Å². The van der Waals surface area contributed by atoms with Crippen LogP contribution < -0.4 is 0 Å². The highest BCUT2D eigenvalue weighted by Crippen LogP contribution is 2.14. The van der Waals surface area contributed by atoms with Gasteiger partial charge in [-0.3, -0.25) is 0 Å². The molecule has 0 aromatic carbocycles. The van der Waals surface area contributed by atoms with Gasteiger partial charge in [-0.05, 0) is 12.8 Å². The maximum absolute atomic E-state index is 10.6. The van der Waals surface area contributed by atoms with Crippen molar-refractivity contribution in [2.45, 2.75) is 38.9 Å². The van der Waals surface area contributed by atoms with Gasteiger partial charge in [0.1, 0.15) is 0 Å². The van der Waals surface area contributed by atoms with Gasteiger partial charge in [0.15, 0.2) is 0 Å². The molecular weight excluding hydrogens is 184 g/mol. The summed E-state index contributed by atoms with van der Waals surface area (Å²) in [4.78, 5) is 10.6. The smallest absolute Gasteiger partial charge is 0.331 e. The first kappa shape index (κ1) is 12.6. The molecule has 0 aromatic heterocycles. The highest BCUT2D eigenvalue weighted by atomic mass is 32.2. The molecule has 0 aliphatic heterocycles. The zero-order chi connectivity index (χ0) is 10.3. The van der Waals surface area contributed by atoms with Gasteiger partial charge in [0.05, 0.1) is 0 Å². The molecule has 0 rings (SSSR count). The lowest BCUT2D eigenvalue weighted by Gasteiger charge is -2.05. The molecule has 0 aliphatic carbocycles. The monoisotopic (exact) mass is 202 g/mol. The first-order valence-electron chi connectivity index (χ1n) is 4.65. The maximum Gasteiger partial charge on any atom is 0.331 e. The largest absolute Gasteiger partial charge is 0.478 e. The van der Waals surface area contributed by atoms with E-state index in [2.05, 4.69) is 13.8 Å². The van der Waals surface area contributed by atoms with Crippen LogP contribution in [0.25, 0.3) is 0 Å². The van der Waals surface area contributed by atoms with Crippen molar-refractivity contribution in [1.82, 2.24) is 0 Å². The van der Waals surface area contributed by atoms with E-state index in [1.165, 1.54) is 0 Å². The first-order chi connectivity index (χ1) is 6.11. The van der Waals surface area contributed by atoms with Crippen LogP contribution in [-0.4, -0.2) is 22.1 Å². The van der Waals surface area contributed by atoms with Crippen molar-refractivity contribution >= 4 is 17.7 Å². The van der Waals surface area contributed by atoms with Crippen molar-refractivity contribution in [2.75, 3.05) is 5.75 Å². The fraction of sp³-hybridized carbons (Fsp3) is 0.700. The molecule has 0 saturated heterocycles. The number of carbonyl (C=O) groups is 1. The lowest BCUT2D eigenvalue weighted by atomic mass is 10.2. The Kier molecular flexibility index (Phi) is 6.77. The number of hydrogen-bond acceptors (Lipinski definition) is 2. The second-order valence-electron chi connectivity index (χ2n) is 2.94. The van der Waals surface area contributed by atoms with E-state index in [1.54, 1.807) is 11.8 Å². The second-order valence-corrected chi connectivity index (χ2v) is 4.41. The SMILES string of the molecule is CCC(=CCSC(C)CC)C(=O)O. The van der Waals surface area contributed by atoms with Gasteiger partial charge in [0.2, 0.25) is 0 Å². The topological polar surface area (TPSA) is 37.3 Å². The Bertz CT molecular complexity index is 187. The van der Waals surface area contributed by atoms with E-state index in [0.717, 1.165) is 12.2 Å². The third-order valence-electron chi connectivity index (χ3n) is 1.94. The summed E-state index contributed by atoms with van der Waals surface area (Å²) in [6.45, 7) is 6.16. The molecule has 0 spiro atoms. The summed E-state index contributed by atoms with van der Waals surface area (Å²) in [6.07, 6.45) is 3.56. The summed E-state index contributed by atoms with van der Waals surface area (Å²) >= 11 is 1.80. The average Bonchev–Trinajstić information content (AvgIpc) is 2.11. The molecule has 76 valence electrons. The highest BCUT2D eigenvalue weighted by Gasteiger charge is 2.03. The van der Waals surface area contributed by atoms with Gasteiger partial charge in [-0.2, -0.15) is 11.8 Å². The molecule has 1 unspecified atom stereocenters. The molecule has 13 heavy (non-hydrogen) atoms. The third kappa shape index (κ3) is 5.75. The van der Waals surface area contributed by atoms with Crippen LogP contribution in [-0.2, 0) is 4.79 Å². The Morgan fingerprint density at radius 3 is 2.54 bits per heavy atom. The van der Waals surface area contributed by atoms with E-state index in [0.29, 0.717) is 17.2 Å². The van der Waals surface area contributed by atoms with Crippen LogP contribution >= 0.6 is 11.8 Å². The quantitative estimate of drug-likeness (QED) is 0.673. The van der Waals surface area contributed by atoms with Crippen LogP contribution in [0.5, 0.6) is 0 Å². The van der Waals surface area contributed by atoms with Crippen LogP contribution in [0.15, 0.2) is 11.6 Å². The molecular formula is C10H18O2S. The standard InChI is InChI=1S/C10H18O2S/c1-4-8(3)13-7-6-9(5-2)10(11)12/h6,8H,4-5,7H2,1-3H3,(H,11,12). The number of carboxylic acids is 1. The Morgan fingerprint density at radius 1 is 1.54 bits per heavy atom. The predicted octanol–water partition coefficient (Wildman–Crippen LogP) is 2.94. The predicted molar refractivity (Wildman–Crippen MR) is 58.2 cm³/mol. The minimum atomic E-state index is -0.785. The van der Waals surface area contributed by atoms with Crippen molar-refractivity contribution in [2.24, 2.45) is 0 Å². The number of carboxylic acid groups (broad SMARTS) is 1. The fourth-order valence-electron chi connectivity index (χ4n) is 0.814. The molecule has 2 nitrogen and oxygen atoms in total. The van der Waals surface area contributed by atoms with E-state index in [1.807, 2.05) is 13.0 Å². The van der Waals surface area contributed by atoms with Gasteiger partial charge >= 0.3 is 5.97 Å². The lowest BCUT2D eigenvalue weighted by molar-refractivity contribution is -0.132.